The number of allylic oxidation sites excluding steroid dienone is 1. The Kier molecular flexibility index (Phi) is 4.64. The lowest BCUT2D eigenvalue weighted by molar-refractivity contribution is 0.674. The van der Waals surface area contributed by atoms with E-state index in [2.05, 4.69) is 23.5 Å². The lowest BCUT2D eigenvalue weighted by Crippen LogP contribution is -2.18. The first-order valence-corrected chi connectivity index (χ1v) is 7.61. The summed E-state index contributed by atoms with van der Waals surface area (Å²) in [4.78, 5) is 19.6. The van der Waals surface area contributed by atoms with E-state index in [1.54, 1.807) is 11.8 Å². The Bertz CT molecular complexity index is 481. The fourth-order valence-corrected chi connectivity index (χ4v) is 3.54. The minimum absolute atomic E-state index is 0.0587. The molecule has 4 heteroatoms. The molecule has 1 aromatic rings. The molecule has 0 fully saturated rings. The van der Waals surface area contributed by atoms with Crippen molar-refractivity contribution in [3.63, 3.8) is 0 Å². The monoisotopic (exact) mass is 264 g/mol. The van der Waals surface area contributed by atoms with Crippen molar-refractivity contribution in [3.05, 3.63) is 34.4 Å². The second kappa shape index (κ2) is 6.23. The first-order chi connectivity index (χ1) is 8.76. The summed E-state index contributed by atoms with van der Waals surface area (Å²) in [7, 11) is 0. The second-order valence-electron chi connectivity index (χ2n) is 4.72. The number of nitrogens with one attached hydrogen (secondary N) is 1. The van der Waals surface area contributed by atoms with Gasteiger partial charge in [0.1, 0.15) is 10.9 Å². The van der Waals surface area contributed by atoms with Gasteiger partial charge in [-0.15, -0.1) is 18.3 Å². The van der Waals surface area contributed by atoms with Crippen molar-refractivity contribution in [1.29, 1.82) is 0 Å². The summed E-state index contributed by atoms with van der Waals surface area (Å²) >= 11 is 1.70. The van der Waals surface area contributed by atoms with Crippen LogP contribution in [0.1, 0.15) is 49.9 Å². The zero-order chi connectivity index (χ0) is 13.0. The SMILES string of the molecule is C=CCC1CSc2nc(CCCCC)[nH]c(=O)c21. The lowest BCUT2D eigenvalue weighted by atomic mass is 10.0. The van der Waals surface area contributed by atoms with Crippen LogP contribution in [0.5, 0.6) is 0 Å². The van der Waals surface area contributed by atoms with Crippen LogP contribution in [0, 0.1) is 0 Å². The number of rotatable bonds is 6. The molecule has 0 radical (unpaired) electrons. The van der Waals surface area contributed by atoms with E-state index in [1.807, 2.05) is 6.08 Å². The average molecular weight is 264 g/mol. The molecule has 18 heavy (non-hydrogen) atoms. The first-order valence-electron chi connectivity index (χ1n) is 6.63. The molecule has 0 saturated heterocycles. The van der Waals surface area contributed by atoms with Crippen molar-refractivity contribution in [2.45, 2.75) is 50.0 Å². The lowest BCUT2D eigenvalue weighted by Gasteiger charge is -2.07. The van der Waals surface area contributed by atoms with E-state index >= 15 is 0 Å². The predicted octanol–water partition coefficient (Wildman–Crippen LogP) is 3.27. The van der Waals surface area contributed by atoms with Crippen LogP contribution >= 0.6 is 11.8 Å². The minimum Gasteiger partial charge on any atom is -0.310 e. The number of unbranched alkanes of at least 4 members (excludes halogenated alkanes) is 2. The number of thioether (sulfide) groups is 1. The number of fused-ring (bicyclic) bond motifs is 1. The van der Waals surface area contributed by atoms with Gasteiger partial charge in [0.05, 0.1) is 5.56 Å². The van der Waals surface area contributed by atoms with Crippen LogP contribution in [0.25, 0.3) is 0 Å². The van der Waals surface area contributed by atoms with Gasteiger partial charge in [-0.3, -0.25) is 4.79 Å². The Labute approximate surface area is 112 Å². The summed E-state index contributed by atoms with van der Waals surface area (Å²) in [6.07, 6.45) is 7.09. The highest BCUT2D eigenvalue weighted by atomic mass is 32.2. The third-order valence-corrected chi connectivity index (χ3v) is 4.42. The smallest absolute Gasteiger partial charge is 0.255 e. The number of nitrogens with zero attached hydrogens (tertiary/aromatic N) is 1. The van der Waals surface area contributed by atoms with E-state index in [4.69, 9.17) is 0 Å². The summed E-state index contributed by atoms with van der Waals surface area (Å²) in [6, 6.07) is 0. The highest BCUT2D eigenvalue weighted by molar-refractivity contribution is 7.99. The van der Waals surface area contributed by atoms with Crippen LogP contribution in [-0.2, 0) is 6.42 Å². The third kappa shape index (κ3) is 2.86. The third-order valence-electron chi connectivity index (χ3n) is 3.27. The fourth-order valence-electron chi connectivity index (χ4n) is 2.29. The van der Waals surface area contributed by atoms with Crippen molar-refractivity contribution in [3.8, 4) is 0 Å². The molecule has 0 aromatic carbocycles. The summed E-state index contributed by atoms with van der Waals surface area (Å²) in [5.74, 6) is 2.10. The molecule has 98 valence electrons. The molecule has 0 aliphatic carbocycles. The van der Waals surface area contributed by atoms with Gasteiger partial charge in [0.25, 0.3) is 5.56 Å². The van der Waals surface area contributed by atoms with Crippen LogP contribution in [0.3, 0.4) is 0 Å². The topological polar surface area (TPSA) is 45.8 Å². The van der Waals surface area contributed by atoms with Crippen molar-refractivity contribution >= 4 is 11.8 Å². The number of aromatic amines is 1. The molecule has 1 aliphatic rings. The summed E-state index contributed by atoms with van der Waals surface area (Å²) < 4.78 is 0. The largest absolute Gasteiger partial charge is 0.310 e. The molecule has 1 unspecified atom stereocenters. The molecule has 1 N–H and O–H groups in total. The van der Waals surface area contributed by atoms with E-state index < -0.39 is 0 Å². The van der Waals surface area contributed by atoms with Gasteiger partial charge >= 0.3 is 0 Å². The average Bonchev–Trinajstić information content (AvgIpc) is 2.74. The van der Waals surface area contributed by atoms with Crippen LogP contribution in [0.15, 0.2) is 22.5 Å². The number of aryl methyl sites for hydroxylation is 1. The molecule has 2 heterocycles. The Hall–Kier alpha value is -1.03. The first kappa shape index (κ1) is 13.4. The fraction of sp³-hybridized carbons (Fsp3) is 0.571. The molecule has 2 rings (SSSR count). The molecule has 1 atom stereocenters. The van der Waals surface area contributed by atoms with Gasteiger partial charge in [0.2, 0.25) is 0 Å². The maximum Gasteiger partial charge on any atom is 0.255 e. The molecular weight excluding hydrogens is 244 g/mol. The molecule has 3 nitrogen and oxygen atoms in total. The number of hydrogen-bond donors (Lipinski definition) is 1. The summed E-state index contributed by atoms with van der Waals surface area (Å²) in [6.45, 7) is 5.93. The van der Waals surface area contributed by atoms with Crippen molar-refractivity contribution < 1.29 is 0 Å². The summed E-state index contributed by atoms with van der Waals surface area (Å²) in [5.41, 5.74) is 0.933. The zero-order valence-electron chi connectivity index (χ0n) is 10.9. The van der Waals surface area contributed by atoms with Gasteiger partial charge in [-0.25, -0.2) is 4.98 Å². The van der Waals surface area contributed by atoms with Crippen molar-refractivity contribution in [2.75, 3.05) is 5.75 Å². The molecule has 0 bridgehead atoms. The molecule has 1 aromatic heterocycles. The zero-order valence-corrected chi connectivity index (χ0v) is 11.7. The highest BCUT2D eigenvalue weighted by Gasteiger charge is 2.27. The molecule has 0 amide bonds. The number of H-pyrrole nitrogens is 1. The second-order valence-corrected chi connectivity index (χ2v) is 5.73. The Morgan fingerprint density at radius 2 is 2.39 bits per heavy atom. The van der Waals surface area contributed by atoms with E-state index in [0.29, 0.717) is 5.92 Å². The molecule has 0 spiro atoms. The maximum absolute atomic E-state index is 12.1. The summed E-state index contributed by atoms with van der Waals surface area (Å²) in [5, 5.41) is 0.942. The normalized spacial score (nSPS) is 17.7. The maximum atomic E-state index is 12.1. The van der Waals surface area contributed by atoms with Gasteiger partial charge < -0.3 is 4.98 Å². The van der Waals surface area contributed by atoms with E-state index in [9.17, 15) is 4.79 Å². The number of hydrogen-bond acceptors (Lipinski definition) is 3. The molecule has 1 aliphatic heterocycles. The van der Waals surface area contributed by atoms with Gasteiger partial charge in [-0.1, -0.05) is 25.8 Å². The quantitative estimate of drug-likeness (QED) is 0.487. The van der Waals surface area contributed by atoms with E-state index in [1.165, 1.54) is 12.8 Å². The Morgan fingerprint density at radius 3 is 3.11 bits per heavy atom. The Balaban J connectivity index is 2.18. The highest BCUT2D eigenvalue weighted by Crippen LogP contribution is 2.37. The van der Waals surface area contributed by atoms with Crippen LogP contribution in [-0.4, -0.2) is 15.7 Å². The van der Waals surface area contributed by atoms with Crippen molar-refractivity contribution in [1.82, 2.24) is 9.97 Å². The van der Waals surface area contributed by atoms with Gasteiger partial charge in [-0.05, 0) is 12.8 Å². The predicted molar refractivity (Wildman–Crippen MR) is 76.4 cm³/mol. The van der Waals surface area contributed by atoms with Gasteiger partial charge in [0.15, 0.2) is 0 Å². The number of aromatic nitrogens is 2. The van der Waals surface area contributed by atoms with Crippen LogP contribution < -0.4 is 5.56 Å². The van der Waals surface area contributed by atoms with E-state index in [-0.39, 0.29) is 5.56 Å². The molecular formula is C14H20N2OS. The van der Waals surface area contributed by atoms with Crippen molar-refractivity contribution in [2.24, 2.45) is 0 Å². The standard InChI is InChI=1S/C14H20N2OS/c1-3-5-6-8-11-15-13(17)12-10(7-4-2)9-18-14(12)16-11/h4,10H,2-3,5-9H2,1H3,(H,15,16,17). The van der Waals surface area contributed by atoms with Gasteiger partial charge in [-0.2, -0.15) is 0 Å². The van der Waals surface area contributed by atoms with E-state index in [0.717, 1.165) is 41.4 Å². The van der Waals surface area contributed by atoms with Gasteiger partial charge in [0, 0.05) is 18.1 Å². The van der Waals surface area contributed by atoms with Crippen LogP contribution in [0.2, 0.25) is 0 Å². The molecule has 0 saturated carbocycles. The Morgan fingerprint density at radius 1 is 1.56 bits per heavy atom. The van der Waals surface area contributed by atoms with Crippen LogP contribution in [0.4, 0.5) is 0 Å². The minimum atomic E-state index is 0.0587.